The highest BCUT2D eigenvalue weighted by atomic mass is 32.2. The lowest BCUT2D eigenvalue weighted by atomic mass is 10.2. The van der Waals surface area contributed by atoms with Gasteiger partial charge in [-0.15, -0.1) is 0 Å². The summed E-state index contributed by atoms with van der Waals surface area (Å²) in [6, 6.07) is 6.56. The van der Waals surface area contributed by atoms with Crippen LogP contribution in [-0.2, 0) is 10.0 Å². The molecule has 1 aromatic rings. The molecule has 7 nitrogen and oxygen atoms in total. The second-order valence-electron chi connectivity index (χ2n) is 3.70. The van der Waals surface area contributed by atoms with Gasteiger partial charge in [0.1, 0.15) is 0 Å². The molecule has 0 saturated carbocycles. The van der Waals surface area contributed by atoms with Gasteiger partial charge in [0.25, 0.3) is 5.91 Å². The molecule has 0 bridgehead atoms. The molecule has 0 heterocycles. The van der Waals surface area contributed by atoms with Crippen LogP contribution in [0.3, 0.4) is 0 Å². The Morgan fingerprint density at radius 2 is 1.83 bits per heavy atom. The summed E-state index contributed by atoms with van der Waals surface area (Å²) in [5.41, 5.74) is 3.62. The summed E-state index contributed by atoms with van der Waals surface area (Å²) in [4.78, 5) is 11.6. The van der Waals surface area contributed by atoms with Crippen LogP contribution in [0.1, 0.15) is 16.8 Å². The second kappa shape index (κ2) is 6.34. The molecule has 0 aliphatic carbocycles. The smallest absolute Gasteiger partial charge is 0.251 e. The number of nitrogen functional groups attached to an aromatic ring is 1. The Kier molecular flexibility index (Phi) is 5.08. The molecule has 0 aliphatic heterocycles. The first kappa shape index (κ1) is 14.4. The van der Waals surface area contributed by atoms with Crippen LogP contribution in [0.5, 0.6) is 0 Å². The monoisotopic (exact) mass is 272 g/mol. The Morgan fingerprint density at radius 1 is 1.22 bits per heavy atom. The molecular formula is C10H16N4O3S. The fourth-order valence-electron chi connectivity index (χ4n) is 1.30. The van der Waals surface area contributed by atoms with E-state index in [0.29, 0.717) is 11.3 Å². The molecular weight excluding hydrogens is 256 g/mol. The molecule has 6 N–H and O–H groups in total. The van der Waals surface area contributed by atoms with Crippen LogP contribution < -0.4 is 21.7 Å². The molecule has 18 heavy (non-hydrogen) atoms. The van der Waals surface area contributed by atoms with Gasteiger partial charge in [-0.05, 0) is 30.7 Å². The summed E-state index contributed by atoms with van der Waals surface area (Å²) in [7, 11) is -3.47. The number of anilines is 1. The van der Waals surface area contributed by atoms with E-state index >= 15 is 0 Å². The summed E-state index contributed by atoms with van der Waals surface area (Å²) in [6.45, 7) is 0.256. The average Bonchev–Trinajstić information content (AvgIpc) is 2.33. The zero-order valence-corrected chi connectivity index (χ0v) is 10.5. The van der Waals surface area contributed by atoms with E-state index in [2.05, 4.69) is 10.7 Å². The number of sulfonamides is 1. The molecule has 1 amide bonds. The molecule has 0 spiro atoms. The summed E-state index contributed by atoms with van der Waals surface area (Å²) < 4.78 is 21.3. The predicted octanol–water partition coefficient (Wildman–Crippen LogP) is -0.619. The Bertz CT molecular complexity index is 498. The van der Waals surface area contributed by atoms with Crippen molar-refractivity contribution < 1.29 is 13.2 Å². The van der Waals surface area contributed by atoms with Crippen molar-refractivity contribution in [3.8, 4) is 0 Å². The van der Waals surface area contributed by atoms with Gasteiger partial charge >= 0.3 is 0 Å². The summed E-state index contributed by atoms with van der Waals surface area (Å²) in [6.07, 6.45) is 0.285. The highest BCUT2D eigenvalue weighted by molar-refractivity contribution is 7.89. The van der Waals surface area contributed by atoms with Crippen LogP contribution in [0.4, 0.5) is 5.69 Å². The van der Waals surface area contributed by atoms with Crippen LogP contribution in [-0.4, -0.2) is 26.6 Å². The minimum absolute atomic E-state index is 0.149. The lowest BCUT2D eigenvalue weighted by Crippen LogP contribution is -2.27. The molecule has 0 saturated heterocycles. The number of hydrogen-bond donors (Lipinski definition) is 4. The highest BCUT2D eigenvalue weighted by Crippen LogP contribution is 2.07. The van der Waals surface area contributed by atoms with Gasteiger partial charge in [0, 0.05) is 17.8 Å². The number of nitrogens with one attached hydrogen (secondary N) is 2. The lowest BCUT2D eigenvalue weighted by Gasteiger charge is -2.05. The van der Waals surface area contributed by atoms with Crippen molar-refractivity contribution in [1.29, 1.82) is 0 Å². The standard InChI is InChI=1S/C10H16N4O3S/c11-14-9-4-2-8(3-5-9)10(15)13-6-1-7-18(12,16)17/h2-5,14H,1,6-7,11H2,(H,13,15)(H2,12,16,17). The number of hydrazine groups is 1. The van der Waals surface area contributed by atoms with Gasteiger partial charge in [-0.1, -0.05) is 0 Å². The number of nitrogens with two attached hydrogens (primary N) is 2. The van der Waals surface area contributed by atoms with Gasteiger partial charge in [0.05, 0.1) is 5.75 Å². The molecule has 0 fully saturated rings. The maximum Gasteiger partial charge on any atom is 0.251 e. The molecule has 0 atom stereocenters. The van der Waals surface area contributed by atoms with E-state index in [1.54, 1.807) is 24.3 Å². The number of rotatable bonds is 6. The van der Waals surface area contributed by atoms with Crippen molar-refractivity contribution in [1.82, 2.24) is 5.32 Å². The van der Waals surface area contributed by atoms with Gasteiger partial charge in [-0.25, -0.2) is 13.6 Å². The van der Waals surface area contributed by atoms with Crippen LogP contribution in [0.15, 0.2) is 24.3 Å². The second-order valence-corrected chi connectivity index (χ2v) is 5.43. The fourth-order valence-corrected chi connectivity index (χ4v) is 1.84. The number of carbonyl (C=O) groups is 1. The van der Waals surface area contributed by atoms with Crippen molar-refractivity contribution in [2.75, 3.05) is 17.7 Å². The molecule has 1 rings (SSSR count). The van der Waals surface area contributed by atoms with Gasteiger partial charge in [-0.3, -0.25) is 10.6 Å². The molecule has 0 unspecified atom stereocenters. The predicted molar refractivity (Wildman–Crippen MR) is 69.2 cm³/mol. The Balaban J connectivity index is 2.40. The SMILES string of the molecule is NNc1ccc(C(=O)NCCCS(N)(=O)=O)cc1. The van der Waals surface area contributed by atoms with Crippen LogP contribution in [0, 0.1) is 0 Å². The van der Waals surface area contributed by atoms with Gasteiger partial charge in [-0.2, -0.15) is 0 Å². The number of primary sulfonamides is 1. The summed E-state index contributed by atoms with van der Waals surface area (Å²) in [5.74, 6) is 4.78. The molecule has 100 valence electrons. The number of amides is 1. The van der Waals surface area contributed by atoms with E-state index in [-0.39, 0.29) is 24.6 Å². The molecule has 0 aliphatic rings. The van der Waals surface area contributed by atoms with Crippen molar-refractivity contribution in [2.24, 2.45) is 11.0 Å². The first-order chi connectivity index (χ1) is 8.42. The lowest BCUT2D eigenvalue weighted by molar-refractivity contribution is 0.0953. The number of hydrogen-bond acceptors (Lipinski definition) is 5. The summed E-state index contributed by atoms with van der Waals surface area (Å²) in [5, 5.41) is 7.43. The number of benzene rings is 1. The van der Waals surface area contributed by atoms with Gasteiger partial charge in [0.15, 0.2) is 0 Å². The van der Waals surface area contributed by atoms with E-state index in [1.165, 1.54) is 0 Å². The Labute approximate surface area is 106 Å². The normalized spacial score (nSPS) is 11.0. The molecule has 1 aromatic carbocycles. The average molecular weight is 272 g/mol. The van der Waals surface area contributed by atoms with Crippen molar-refractivity contribution in [3.63, 3.8) is 0 Å². The van der Waals surface area contributed by atoms with E-state index in [1.807, 2.05) is 0 Å². The third-order valence-electron chi connectivity index (χ3n) is 2.20. The zero-order chi connectivity index (χ0) is 13.6. The minimum Gasteiger partial charge on any atom is -0.352 e. The molecule has 8 heteroatoms. The Hall–Kier alpha value is -1.64. The van der Waals surface area contributed by atoms with E-state index in [0.717, 1.165) is 0 Å². The topological polar surface area (TPSA) is 127 Å². The Morgan fingerprint density at radius 3 is 2.33 bits per heavy atom. The van der Waals surface area contributed by atoms with Crippen LogP contribution in [0.25, 0.3) is 0 Å². The van der Waals surface area contributed by atoms with Crippen LogP contribution in [0.2, 0.25) is 0 Å². The first-order valence-corrected chi connectivity index (χ1v) is 6.99. The molecule has 0 radical (unpaired) electrons. The summed E-state index contributed by atoms with van der Waals surface area (Å²) >= 11 is 0. The van der Waals surface area contributed by atoms with Gasteiger partial charge in [0.2, 0.25) is 10.0 Å². The van der Waals surface area contributed by atoms with E-state index < -0.39 is 10.0 Å². The third kappa shape index (κ3) is 5.13. The van der Waals surface area contributed by atoms with Crippen LogP contribution >= 0.6 is 0 Å². The molecule has 0 aromatic heterocycles. The number of carbonyl (C=O) groups excluding carboxylic acids is 1. The van der Waals surface area contributed by atoms with E-state index in [9.17, 15) is 13.2 Å². The van der Waals surface area contributed by atoms with Crippen molar-refractivity contribution in [2.45, 2.75) is 6.42 Å². The maximum atomic E-state index is 11.6. The van der Waals surface area contributed by atoms with E-state index in [4.69, 9.17) is 11.0 Å². The fraction of sp³-hybridized carbons (Fsp3) is 0.300. The first-order valence-electron chi connectivity index (χ1n) is 5.28. The van der Waals surface area contributed by atoms with Crippen molar-refractivity contribution in [3.05, 3.63) is 29.8 Å². The van der Waals surface area contributed by atoms with Crippen molar-refractivity contribution >= 4 is 21.6 Å². The van der Waals surface area contributed by atoms with Gasteiger partial charge < -0.3 is 10.7 Å². The largest absolute Gasteiger partial charge is 0.352 e. The quantitative estimate of drug-likeness (QED) is 0.312. The zero-order valence-electron chi connectivity index (χ0n) is 9.72. The highest BCUT2D eigenvalue weighted by Gasteiger charge is 2.06. The minimum atomic E-state index is -3.47. The third-order valence-corrected chi connectivity index (χ3v) is 3.06. The maximum absolute atomic E-state index is 11.6.